The van der Waals surface area contributed by atoms with Crippen molar-refractivity contribution in [1.29, 1.82) is 0 Å². The molecule has 0 radical (unpaired) electrons. The van der Waals surface area contributed by atoms with Gasteiger partial charge in [0.15, 0.2) is 0 Å². The van der Waals surface area contributed by atoms with Crippen LogP contribution in [0.3, 0.4) is 0 Å². The predicted octanol–water partition coefficient (Wildman–Crippen LogP) is 3.58. The predicted molar refractivity (Wildman–Crippen MR) is 72.3 cm³/mol. The highest BCUT2D eigenvalue weighted by atomic mass is 79.9. The minimum Gasteiger partial charge on any atom is -0.370 e. The summed E-state index contributed by atoms with van der Waals surface area (Å²) in [5.41, 5.74) is 1.15. The van der Waals surface area contributed by atoms with Crippen LogP contribution in [-0.4, -0.2) is 21.8 Å². The van der Waals surface area contributed by atoms with Crippen molar-refractivity contribution in [3.63, 3.8) is 0 Å². The lowest BCUT2D eigenvalue weighted by Gasteiger charge is -2.12. The van der Waals surface area contributed by atoms with Gasteiger partial charge in [0, 0.05) is 29.6 Å². The minimum absolute atomic E-state index is 0.555. The second-order valence-corrected chi connectivity index (χ2v) is 4.60. The summed E-state index contributed by atoms with van der Waals surface area (Å²) < 4.78 is 0. The second-order valence-electron chi connectivity index (χ2n) is 3.81. The molecule has 1 aromatic rings. The van der Waals surface area contributed by atoms with E-state index in [4.69, 9.17) is 0 Å². The summed E-state index contributed by atoms with van der Waals surface area (Å²) in [5, 5.41) is 4.33. The zero-order valence-electron chi connectivity index (χ0n) is 10.0. The fourth-order valence-corrected chi connectivity index (χ4v) is 1.96. The van der Waals surface area contributed by atoms with E-state index in [0.717, 1.165) is 42.6 Å². The van der Waals surface area contributed by atoms with E-state index in [1.54, 1.807) is 6.33 Å². The van der Waals surface area contributed by atoms with E-state index in [9.17, 15) is 0 Å². The van der Waals surface area contributed by atoms with Gasteiger partial charge in [-0.3, -0.25) is 0 Å². The van der Waals surface area contributed by atoms with Crippen molar-refractivity contribution in [3.05, 3.63) is 18.1 Å². The molecule has 0 amide bonds. The third-order valence-electron chi connectivity index (χ3n) is 2.71. The first-order chi connectivity index (χ1) is 7.81. The molecule has 90 valence electrons. The highest BCUT2D eigenvalue weighted by Gasteiger charge is 2.09. The summed E-state index contributed by atoms with van der Waals surface area (Å²) in [6, 6.07) is 2.08. The fourth-order valence-electron chi connectivity index (χ4n) is 1.68. The number of rotatable bonds is 7. The number of hydrogen-bond donors (Lipinski definition) is 1. The van der Waals surface area contributed by atoms with Gasteiger partial charge in [-0.15, -0.1) is 0 Å². The van der Waals surface area contributed by atoms with Crippen LogP contribution < -0.4 is 5.32 Å². The lowest BCUT2D eigenvalue weighted by molar-refractivity contribution is 0.621. The third-order valence-corrected chi connectivity index (χ3v) is 3.27. The van der Waals surface area contributed by atoms with Crippen molar-refractivity contribution in [2.75, 3.05) is 17.2 Å². The number of nitrogens with one attached hydrogen (secondary N) is 1. The molecule has 0 aliphatic carbocycles. The highest BCUT2D eigenvalue weighted by molar-refractivity contribution is 9.09. The number of hydrogen-bond acceptors (Lipinski definition) is 3. The molecule has 3 nitrogen and oxygen atoms in total. The van der Waals surface area contributed by atoms with Crippen LogP contribution in [0.15, 0.2) is 12.4 Å². The SMILES string of the molecule is CCC(CC)c1cc(NCCCBr)ncn1. The number of anilines is 1. The summed E-state index contributed by atoms with van der Waals surface area (Å²) in [4.78, 5) is 8.57. The number of nitrogens with zero attached hydrogens (tertiary/aromatic N) is 2. The van der Waals surface area contributed by atoms with Gasteiger partial charge in [0.2, 0.25) is 0 Å². The Morgan fingerprint density at radius 3 is 2.69 bits per heavy atom. The number of halogens is 1. The maximum Gasteiger partial charge on any atom is 0.129 e. The molecule has 0 unspecified atom stereocenters. The summed E-state index contributed by atoms with van der Waals surface area (Å²) in [5.74, 6) is 1.50. The molecule has 1 rings (SSSR count). The van der Waals surface area contributed by atoms with E-state index in [-0.39, 0.29) is 0 Å². The molecule has 0 aliphatic rings. The molecule has 0 bridgehead atoms. The molecule has 1 heterocycles. The Balaban J connectivity index is 2.62. The molecule has 0 fully saturated rings. The number of aromatic nitrogens is 2. The Labute approximate surface area is 106 Å². The van der Waals surface area contributed by atoms with Gasteiger partial charge >= 0.3 is 0 Å². The molecule has 0 aromatic carbocycles. The lowest BCUT2D eigenvalue weighted by atomic mass is 9.99. The summed E-state index contributed by atoms with van der Waals surface area (Å²) >= 11 is 3.41. The van der Waals surface area contributed by atoms with Crippen LogP contribution >= 0.6 is 15.9 Å². The zero-order chi connectivity index (χ0) is 11.8. The van der Waals surface area contributed by atoms with Crippen LogP contribution in [0.4, 0.5) is 5.82 Å². The Morgan fingerprint density at radius 2 is 2.06 bits per heavy atom. The number of alkyl halides is 1. The van der Waals surface area contributed by atoms with Crippen LogP contribution in [0.1, 0.15) is 44.7 Å². The molecule has 1 N–H and O–H groups in total. The summed E-state index contributed by atoms with van der Waals surface area (Å²) in [6.07, 6.45) is 5.02. The second kappa shape index (κ2) is 7.60. The molecule has 0 saturated carbocycles. The topological polar surface area (TPSA) is 37.8 Å². The molecule has 16 heavy (non-hydrogen) atoms. The minimum atomic E-state index is 0.555. The van der Waals surface area contributed by atoms with Gasteiger partial charge in [-0.2, -0.15) is 0 Å². The van der Waals surface area contributed by atoms with Gasteiger partial charge in [0.1, 0.15) is 12.1 Å². The van der Waals surface area contributed by atoms with Crippen LogP contribution in [0.25, 0.3) is 0 Å². The molecular weight excluding hydrogens is 266 g/mol. The standard InChI is InChI=1S/C12H20BrN3/c1-3-10(4-2)11-8-12(16-9-15-11)14-7-5-6-13/h8-10H,3-7H2,1-2H3,(H,14,15,16). The lowest BCUT2D eigenvalue weighted by Crippen LogP contribution is -2.06. The average Bonchev–Trinajstić information content (AvgIpc) is 2.32. The van der Waals surface area contributed by atoms with E-state index in [1.165, 1.54) is 0 Å². The van der Waals surface area contributed by atoms with Gasteiger partial charge in [-0.1, -0.05) is 29.8 Å². The van der Waals surface area contributed by atoms with Gasteiger partial charge in [-0.05, 0) is 19.3 Å². The van der Waals surface area contributed by atoms with Crippen molar-refractivity contribution >= 4 is 21.7 Å². The Hall–Kier alpha value is -0.640. The van der Waals surface area contributed by atoms with Crippen molar-refractivity contribution < 1.29 is 0 Å². The normalized spacial score (nSPS) is 10.8. The van der Waals surface area contributed by atoms with Gasteiger partial charge in [0.05, 0.1) is 0 Å². The van der Waals surface area contributed by atoms with E-state index < -0.39 is 0 Å². The Morgan fingerprint density at radius 1 is 1.31 bits per heavy atom. The smallest absolute Gasteiger partial charge is 0.129 e. The molecular formula is C12H20BrN3. The average molecular weight is 286 g/mol. The van der Waals surface area contributed by atoms with Crippen LogP contribution in [0, 0.1) is 0 Å². The van der Waals surface area contributed by atoms with Crippen LogP contribution in [0.2, 0.25) is 0 Å². The zero-order valence-corrected chi connectivity index (χ0v) is 11.6. The molecule has 0 aliphatic heterocycles. The Kier molecular flexibility index (Phi) is 6.38. The van der Waals surface area contributed by atoms with E-state index in [0.29, 0.717) is 5.92 Å². The Bertz CT molecular complexity index is 300. The molecule has 0 spiro atoms. The highest BCUT2D eigenvalue weighted by Crippen LogP contribution is 2.21. The fraction of sp³-hybridized carbons (Fsp3) is 0.667. The maximum absolute atomic E-state index is 4.35. The van der Waals surface area contributed by atoms with Crippen molar-refractivity contribution in [3.8, 4) is 0 Å². The van der Waals surface area contributed by atoms with Crippen molar-refractivity contribution in [2.45, 2.75) is 39.0 Å². The van der Waals surface area contributed by atoms with Crippen molar-refractivity contribution in [1.82, 2.24) is 9.97 Å². The molecule has 0 atom stereocenters. The van der Waals surface area contributed by atoms with Gasteiger partial charge in [-0.25, -0.2) is 9.97 Å². The monoisotopic (exact) mass is 285 g/mol. The van der Waals surface area contributed by atoms with E-state index in [2.05, 4.69) is 51.1 Å². The third kappa shape index (κ3) is 4.08. The van der Waals surface area contributed by atoms with Crippen LogP contribution in [-0.2, 0) is 0 Å². The molecule has 4 heteroatoms. The van der Waals surface area contributed by atoms with E-state index >= 15 is 0 Å². The quantitative estimate of drug-likeness (QED) is 0.615. The first-order valence-electron chi connectivity index (χ1n) is 5.93. The largest absolute Gasteiger partial charge is 0.370 e. The van der Waals surface area contributed by atoms with Crippen LogP contribution in [0.5, 0.6) is 0 Å². The van der Waals surface area contributed by atoms with E-state index in [1.807, 2.05) is 0 Å². The first-order valence-corrected chi connectivity index (χ1v) is 7.05. The maximum atomic E-state index is 4.35. The first kappa shape index (κ1) is 13.4. The van der Waals surface area contributed by atoms with Crippen molar-refractivity contribution in [2.24, 2.45) is 0 Å². The summed E-state index contributed by atoms with van der Waals surface area (Å²) in [6.45, 7) is 5.35. The van der Waals surface area contributed by atoms with Gasteiger partial charge < -0.3 is 5.32 Å². The molecule has 1 aromatic heterocycles. The van der Waals surface area contributed by atoms with Gasteiger partial charge in [0.25, 0.3) is 0 Å². The summed E-state index contributed by atoms with van der Waals surface area (Å²) in [7, 11) is 0. The molecule has 0 saturated heterocycles.